The second kappa shape index (κ2) is 8.11. The molecule has 1 fully saturated rings. The number of alkyl halides is 3. The largest absolute Gasteiger partial charge is 0.481 e. The molecule has 1 N–H and O–H groups in total. The first-order valence-electron chi connectivity index (χ1n) is 9.96. The van der Waals surface area contributed by atoms with Gasteiger partial charge in [-0.1, -0.05) is 54.6 Å². The fourth-order valence-corrected chi connectivity index (χ4v) is 4.40. The number of carboxylic acids is 1. The van der Waals surface area contributed by atoms with Crippen LogP contribution in [0.3, 0.4) is 0 Å². The van der Waals surface area contributed by atoms with Gasteiger partial charge in [0.15, 0.2) is 0 Å². The molecule has 3 aromatic rings. The number of hydrogen-bond acceptors (Lipinski definition) is 2. The molecule has 156 valence electrons. The Morgan fingerprint density at radius 1 is 1.03 bits per heavy atom. The summed E-state index contributed by atoms with van der Waals surface area (Å²) in [5.41, 5.74) is 0.711. The smallest absolute Gasteiger partial charge is 0.416 e. The van der Waals surface area contributed by atoms with E-state index in [-0.39, 0.29) is 0 Å². The molecule has 1 aliphatic rings. The number of hydrogen-bond donors (Lipinski definition) is 1. The molecule has 6 heteroatoms. The van der Waals surface area contributed by atoms with Gasteiger partial charge in [0.2, 0.25) is 0 Å². The van der Waals surface area contributed by atoms with Crippen LogP contribution in [0.2, 0.25) is 0 Å². The average molecular weight is 413 g/mol. The van der Waals surface area contributed by atoms with E-state index < -0.39 is 29.7 Å². The molecule has 1 saturated heterocycles. The number of likely N-dealkylation sites (tertiary alicyclic amines) is 1. The van der Waals surface area contributed by atoms with Gasteiger partial charge in [0.1, 0.15) is 0 Å². The monoisotopic (exact) mass is 413 g/mol. The zero-order valence-electron chi connectivity index (χ0n) is 16.3. The van der Waals surface area contributed by atoms with Gasteiger partial charge < -0.3 is 5.11 Å². The molecule has 1 aliphatic heterocycles. The predicted molar refractivity (Wildman–Crippen MR) is 109 cm³/mol. The first-order valence-corrected chi connectivity index (χ1v) is 9.96. The molecule has 0 saturated carbocycles. The minimum Gasteiger partial charge on any atom is -0.481 e. The summed E-state index contributed by atoms with van der Waals surface area (Å²) < 4.78 is 40.2. The fraction of sp³-hybridized carbons (Fsp3) is 0.292. The standard InChI is InChI=1S/C24H22F3NO2/c25-24(26,27)19-10-3-8-17(14-19)22(28-13-5-9-18(15-28)23(29)30)21-12-4-7-16-6-1-2-11-20(16)21/h1-4,6-8,10-12,14,18,22H,5,9,13,15H2,(H,29,30). The Morgan fingerprint density at radius 2 is 1.77 bits per heavy atom. The van der Waals surface area contributed by atoms with Gasteiger partial charge in [-0.05, 0) is 53.4 Å². The summed E-state index contributed by atoms with van der Waals surface area (Å²) in [7, 11) is 0. The van der Waals surface area contributed by atoms with Crippen LogP contribution in [-0.2, 0) is 11.0 Å². The van der Waals surface area contributed by atoms with E-state index in [4.69, 9.17) is 0 Å². The van der Waals surface area contributed by atoms with E-state index in [0.29, 0.717) is 31.5 Å². The highest BCUT2D eigenvalue weighted by Crippen LogP contribution is 2.38. The van der Waals surface area contributed by atoms with Crippen molar-refractivity contribution in [3.63, 3.8) is 0 Å². The third-order valence-electron chi connectivity index (χ3n) is 5.81. The average Bonchev–Trinajstić information content (AvgIpc) is 2.74. The van der Waals surface area contributed by atoms with Crippen molar-refractivity contribution >= 4 is 16.7 Å². The summed E-state index contributed by atoms with van der Waals surface area (Å²) in [6, 6.07) is 18.5. The summed E-state index contributed by atoms with van der Waals surface area (Å²) in [6.45, 7) is 0.938. The molecule has 0 bridgehead atoms. The molecule has 4 rings (SSSR count). The van der Waals surface area contributed by atoms with Crippen LogP contribution < -0.4 is 0 Å². The minimum atomic E-state index is -4.44. The lowest BCUT2D eigenvalue weighted by atomic mass is 9.88. The number of carbonyl (C=O) groups is 1. The number of aliphatic carboxylic acids is 1. The molecule has 0 aliphatic carbocycles. The lowest BCUT2D eigenvalue weighted by Crippen LogP contribution is -2.41. The molecule has 0 amide bonds. The number of nitrogens with zero attached hydrogens (tertiary/aromatic N) is 1. The molecular formula is C24H22F3NO2. The Morgan fingerprint density at radius 3 is 2.53 bits per heavy atom. The fourth-order valence-electron chi connectivity index (χ4n) is 4.40. The normalized spacial score (nSPS) is 19.0. The Kier molecular flexibility index (Phi) is 5.52. The molecule has 3 aromatic carbocycles. The molecule has 2 atom stereocenters. The number of halogens is 3. The van der Waals surface area contributed by atoms with Gasteiger partial charge in [0.25, 0.3) is 0 Å². The first kappa shape index (κ1) is 20.4. The van der Waals surface area contributed by atoms with Crippen LogP contribution in [0.25, 0.3) is 10.8 Å². The van der Waals surface area contributed by atoms with Gasteiger partial charge in [0.05, 0.1) is 17.5 Å². The Labute approximate surface area is 172 Å². The number of benzene rings is 3. The van der Waals surface area contributed by atoms with Crippen molar-refractivity contribution in [2.75, 3.05) is 13.1 Å². The first-order chi connectivity index (χ1) is 14.3. The summed E-state index contributed by atoms with van der Waals surface area (Å²) >= 11 is 0. The van der Waals surface area contributed by atoms with Crippen molar-refractivity contribution in [2.24, 2.45) is 5.92 Å². The maximum atomic E-state index is 13.4. The molecule has 30 heavy (non-hydrogen) atoms. The molecule has 2 unspecified atom stereocenters. The Balaban J connectivity index is 1.86. The van der Waals surface area contributed by atoms with Crippen LogP contribution in [0.1, 0.15) is 35.6 Å². The van der Waals surface area contributed by atoms with Crippen molar-refractivity contribution in [1.82, 2.24) is 4.90 Å². The Hall–Kier alpha value is -2.86. The van der Waals surface area contributed by atoms with Crippen LogP contribution in [0.5, 0.6) is 0 Å². The van der Waals surface area contributed by atoms with E-state index in [1.54, 1.807) is 6.07 Å². The lowest BCUT2D eigenvalue weighted by Gasteiger charge is -2.38. The molecule has 0 spiro atoms. The third-order valence-corrected chi connectivity index (χ3v) is 5.81. The highest BCUT2D eigenvalue weighted by Gasteiger charge is 2.34. The third kappa shape index (κ3) is 4.05. The summed E-state index contributed by atoms with van der Waals surface area (Å²) in [4.78, 5) is 13.6. The van der Waals surface area contributed by atoms with E-state index in [9.17, 15) is 23.1 Å². The van der Waals surface area contributed by atoms with Crippen molar-refractivity contribution < 1.29 is 23.1 Å². The lowest BCUT2D eigenvalue weighted by molar-refractivity contribution is -0.143. The highest BCUT2D eigenvalue weighted by atomic mass is 19.4. The number of carboxylic acid groups (broad SMARTS) is 1. The van der Waals surface area contributed by atoms with Gasteiger partial charge in [-0.3, -0.25) is 9.69 Å². The topological polar surface area (TPSA) is 40.5 Å². The molecule has 3 nitrogen and oxygen atoms in total. The highest BCUT2D eigenvalue weighted by molar-refractivity contribution is 5.86. The molecule has 0 radical (unpaired) electrons. The summed E-state index contributed by atoms with van der Waals surface area (Å²) in [5, 5.41) is 11.5. The maximum absolute atomic E-state index is 13.4. The van der Waals surface area contributed by atoms with Gasteiger partial charge in [0, 0.05) is 6.54 Å². The van der Waals surface area contributed by atoms with Gasteiger partial charge in [-0.25, -0.2) is 0 Å². The van der Waals surface area contributed by atoms with Crippen molar-refractivity contribution in [3.05, 3.63) is 83.4 Å². The quantitative estimate of drug-likeness (QED) is 0.593. The Bertz CT molecular complexity index is 1060. The summed E-state index contributed by atoms with van der Waals surface area (Å²) in [6.07, 6.45) is -3.17. The van der Waals surface area contributed by atoms with E-state index in [1.165, 1.54) is 12.1 Å². The zero-order valence-corrected chi connectivity index (χ0v) is 16.3. The molecule has 0 aromatic heterocycles. The second-order valence-electron chi connectivity index (χ2n) is 7.77. The predicted octanol–water partition coefficient (Wildman–Crippen LogP) is 5.74. The van der Waals surface area contributed by atoms with Crippen molar-refractivity contribution in [3.8, 4) is 0 Å². The van der Waals surface area contributed by atoms with Crippen LogP contribution in [-0.4, -0.2) is 29.1 Å². The van der Waals surface area contributed by atoms with E-state index in [1.807, 2.05) is 47.4 Å². The van der Waals surface area contributed by atoms with E-state index >= 15 is 0 Å². The van der Waals surface area contributed by atoms with Crippen molar-refractivity contribution in [2.45, 2.75) is 25.1 Å². The maximum Gasteiger partial charge on any atom is 0.416 e. The summed E-state index contributed by atoms with van der Waals surface area (Å²) in [5.74, 6) is -1.39. The minimum absolute atomic E-state index is 0.305. The van der Waals surface area contributed by atoms with Crippen LogP contribution in [0.4, 0.5) is 13.2 Å². The van der Waals surface area contributed by atoms with Crippen LogP contribution in [0, 0.1) is 5.92 Å². The van der Waals surface area contributed by atoms with Gasteiger partial charge in [-0.15, -0.1) is 0 Å². The number of fused-ring (bicyclic) bond motifs is 1. The molecular weight excluding hydrogens is 391 g/mol. The number of rotatable bonds is 4. The van der Waals surface area contributed by atoms with E-state index in [2.05, 4.69) is 0 Å². The SMILES string of the molecule is O=C(O)C1CCCN(C(c2cccc(C(F)(F)F)c2)c2cccc3ccccc23)C1. The number of piperidine rings is 1. The van der Waals surface area contributed by atoms with Gasteiger partial charge >= 0.3 is 12.1 Å². The van der Waals surface area contributed by atoms with Crippen molar-refractivity contribution in [1.29, 1.82) is 0 Å². The zero-order chi connectivity index (χ0) is 21.3. The van der Waals surface area contributed by atoms with E-state index in [0.717, 1.165) is 22.4 Å². The molecule has 1 heterocycles. The van der Waals surface area contributed by atoms with Crippen LogP contribution >= 0.6 is 0 Å². The second-order valence-corrected chi connectivity index (χ2v) is 7.77. The van der Waals surface area contributed by atoms with Crippen LogP contribution in [0.15, 0.2) is 66.7 Å². The van der Waals surface area contributed by atoms with Gasteiger partial charge in [-0.2, -0.15) is 13.2 Å².